The largest absolute Gasteiger partial charge is 0.479 e. The van der Waals surface area contributed by atoms with Gasteiger partial charge in [0.1, 0.15) is 5.75 Å². The Morgan fingerprint density at radius 1 is 1.27 bits per heavy atom. The minimum absolute atomic E-state index is 0.481. The van der Waals surface area contributed by atoms with E-state index >= 15 is 0 Å². The molecule has 0 fully saturated rings. The number of carboxylic acids is 1. The summed E-state index contributed by atoms with van der Waals surface area (Å²) in [5.74, 6) is -0.524. The second-order valence-electron chi connectivity index (χ2n) is 3.34. The van der Waals surface area contributed by atoms with Gasteiger partial charge >= 0.3 is 5.97 Å². The summed E-state index contributed by atoms with van der Waals surface area (Å²) in [7, 11) is 0. The first kappa shape index (κ1) is 11.5. The molecular formula is C11H14O4. The number of aliphatic hydroxyl groups excluding tert-OH is 1. The number of hydrogen-bond donors (Lipinski definition) is 2. The van der Waals surface area contributed by atoms with Crippen molar-refractivity contribution >= 4 is 5.97 Å². The number of aliphatic hydroxyl groups is 1. The number of ether oxygens (including phenoxy) is 1. The number of aliphatic carboxylic acids is 1. The standard InChI is InChI=1S/C11H14O4/c1-7(12)9-3-5-10(6-4-9)15-8(2)11(13)14/h3-8,12H,1-2H3,(H,13,14). The van der Waals surface area contributed by atoms with Crippen molar-refractivity contribution in [3.05, 3.63) is 29.8 Å². The fraction of sp³-hybridized carbons (Fsp3) is 0.364. The molecule has 0 amide bonds. The predicted molar refractivity (Wildman–Crippen MR) is 54.8 cm³/mol. The predicted octanol–water partition coefficient (Wildman–Crippen LogP) is 1.59. The Labute approximate surface area is 88.1 Å². The van der Waals surface area contributed by atoms with Gasteiger partial charge in [-0.05, 0) is 31.5 Å². The molecule has 0 aliphatic carbocycles. The Morgan fingerprint density at radius 2 is 1.80 bits per heavy atom. The molecule has 0 heterocycles. The van der Waals surface area contributed by atoms with Crippen LogP contribution in [0.25, 0.3) is 0 Å². The fourth-order valence-corrected chi connectivity index (χ4v) is 1.08. The number of carboxylic acid groups (broad SMARTS) is 1. The third-order valence-electron chi connectivity index (χ3n) is 2.02. The van der Waals surface area contributed by atoms with Gasteiger partial charge in [-0.3, -0.25) is 0 Å². The van der Waals surface area contributed by atoms with E-state index in [1.807, 2.05) is 0 Å². The summed E-state index contributed by atoms with van der Waals surface area (Å²) in [6.07, 6.45) is -1.40. The second kappa shape index (κ2) is 4.79. The molecule has 0 saturated carbocycles. The molecule has 0 aromatic heterocycles. The van der Waals surface area contributed by atoms with Gasteiger partial charge in [0.25, 0.3) is 0 Å². The van der Waals surface area contributed by atoms with Crippen LogP contribution in [0.3, 0.4) is 0 Å². The van der Waals surface area contributed by atoms with Gasteiger partial charge in [0.2, 0.25) is 0 Å². The maximum atomic E-state index is 10.5. The molecule has 0 bridgehead atoms. The third-order valence-corrected chi connectivity index (χ3v) is 2.02. The van der Waals surface area contributed by atoms with Crippen molar-refractivity contribution in [2.75, 3.05) is 0 Å². The summed E-state index contributed by atoms with van der Waals surface area (Å²) in [6.45, 7) is 3.13. The molecule has 1 aromatic carbocycles. The lowest BCUT2D eigenvalue weighted by molar-refractivity contribution is -0.144. The molecule has 2 N–H and O–H groups in total. The zero-order valence-corrected chi connectivity index (χ0v) is 8.68. The van der Waals surface area contributed by atoms with E-state index in [4.69, 9.17) is 9.84 Å². The average Bonchev–Trinajstić information content (AvgIpc) is 2.18. The Morgan fingerprint density at radius 3 is 2.20 bits per heavy atom. The highest BCUT2D eigenvalue weighted by Gasteiger charge is 2.12. The molecular weight excluding hydrogens is 196 g/mol. The fourth-order valence-electron chi connectivity index (χ4n) is 1.08. The molecule has 0 saturated heterocycles. The molecule has 0 spiro atoms. The Hall–Kier alpha value is -1.55. The quantitative estimate of drug-likeness (QED) is 0.792. The molecule has 2 unspecified atom stereocenters. The van der Waals surface area contributed by atoms with Gasteiger partial charge in [-0.1, -0.05) is 12.1 Å². The van der Waals surface area contributed by atoms with Crippen LogP contribution in [-0.4, -0.2) is 22.3 Å². The van der Waals surface area contributed by atoms with Crippen LogP contribution < -0.4 is 4.74 Å². The van der Waals surface area contributed by atoms with E-state index in [1.165, 1.54) is 6.92 Å². The van der Waals surface area contributed by atoms with E-state index in [0.29, 0.717) is 5.75 Å². The Kier molecular flexibility index (Phi) is 3.68. The summed E-state index contributed by atoms with van der Waals surface area (Å²) in [5, 5.41) is 17.9. The molecule has 4 heteroatoms. The van der Waals surface area contributed by atoms with Gasteiger partial charge in [-0.15, -0.1) is 0 Å². The second-order valence-corrected chi connectivity index (χ2v) is 3.34. The first-order valence-electron chi connectivity index (χ1n) is 4.68. The van der Waals surface area contributed by atoms with Crippen LogP contribution >= 0.6 is 0 Å². The first-order chi connectivity index (χ1) is 7.00. The van der Waals surface area contributed by atoms with Crippen LogP contribution in [0.4, 0.5) is 0 Å². The lowest BCUT2D eigenvalue weighted by Crippen LogP contribution is -2.22. The van der Waals surface area contributed by atoms with Crippen molar-refractivity contribution in [3.63, 3.8) is 0 Å². The van der Waals surface area contributed by atoms with Crippen molar-refractivity contribution in [1.29, 1.82) is 0 Å². The van der Waals surface area contributed by atoms with Gasteiger partial charge in [0.15, 0.2) is 6.10 Å². The average molecular weight is 210 g/mol. The highest BCUT2D eigenvalue weighted by atomic mass is 16.5. The number of rotatable bonds is 4. The molecule has 0 aliphatic rings. The van der Waals surface area contributed by atoms with Gasteiger partial charge in [0, 0.05) is 0 Å². The summed E-state index contributed by atoms with van der Waals surface area (Å²) in [6, 6.07) is 6.69. The van der Waals surface area contributed by atoms with Crippen molar-refractivity contribution in [3.8, 4) is 5.75 Å². The monoisotopic (exact) mass is 210 g/mol. The molecule has 0 radical (unpaired) electrons. The summed E-state index contributed by atoms with van der Waals surface area (Å²) < 4.78 is 5.13. The van der Waals surface area contributed by atoms with Crippen molar-refractivity contribution in [1.82, 2.24) is 0 Å². The Balaban J connectivity index is 2.68. The van der Waals surface area contributed by atoms with E-state index < -0.39 is 18.2 Å². The summed E-state index contributed by atoms with van der Waals surface area (Å²) in [4.78, 5) is 10.5. The third kappa shape index (κ3) is 3.25. The SMILES string of the molecule is CC(Oc1ccc(C(C)O)cc1)C(=O)O. The van der Waals surface area contributed by atoms with Crippen LogP contribution in [0.1, 0.15) is 25.5 Å². The van der Waals surface area contributed by atoms with E-state index in [9.17, 15) is 9.90 Å². The zero-order valence-electron chi connectivity index (χ0n) is 8.68. The topological polar surface area (TPSA) is 66.8 Å². The van der Waals surface area contributed by atoms with Gasteiger partial charge in [0.05, 0.1) is 6.10 Å². The van der Waals surface area contributed by atoms with Crippen molar-refractivity contribution < 1.29 is 19.7 Å². The molecule has 1 rings (SSSR count). The molecule has 0 aliphatic heterocycles. The van der Waals surface area contributed by atoms with E-state index in [-0.39, 0.29) is 0 Å². The van der Waals surface area contributed by atoms with Gasteiger partial charge < -0.3 is 14.9 Å². The first-order valence-corrected chi connectivity index (χ1v) is 4.68. The summed E-state index contributed by atoms with van der Waals surface area (Å²) >= 11 is 0. The zero-order chi connectivity index (χ0) is 11.4. The highest BCUT2D eigenvalue weighted by molar-refractivity contribution is 5.72. The smallest absolute Gasteiger partial charge is 0.344 e. The van der Waals surface area contributed by atoms with E-state index in [0.717, 1.165) is 5.56 Å². The minimum Gasteiger partial charge on any atom is -0.479 e. The number of benzene rings is 1. The lowest BCUT2D eigenvalue weighted by atomic mass is 10.1. The number of hydrogen-bond acceptors (Lipinski definition) is 3. The molecule has 2 atom stereocenters. The van der Waals surface area contributed by atoms with Crippen LogP contribution in [-0.2, 0) is 4.79 Å². The Bertz CT molecular complexity index is 329. The maximum absolute atomic E-state index is 10.5. The van der Waals surface area contributed by atoms with Crippen LogP contribution in [0.2, 0.25) is 0 Å². The molecule has 4 nitrogen and oxygen atoms in total. The normalized spacial score (nSPS) is 14.3. The molecule has 15 heavy (non-hydrogen) atoms. The van der Waals surface area contributed by atoms with E-state index in [1.54, 1.807) is 31.2 Å². The molecule has 82 valence electrons. The van der Waals surface area contributed by atoms with Crippen molar-refractivity contribution in [2.45, 2.75) is 26.1 Å². The van der Waals surface area contributed by atoms with Crippen LogP contribution in [0.5, 0.6) is 5.75 Å². The summed E-state index contributed by atoms with van der Waals surface area (Å²) in [5.41, 5.74) is 0.769. The van der Waals surface area contributed by atoms with Crippen LogP contribution in [0, 0.1) is 0 Å². The minimum atomic E-state index is -1.00. The maximum Gasteiger partial charge on any atom is 0.344 e. The highest BCUT2D eigenvalue weighted by Crippen LogP contribution is 2.18. The lowest BCUT2D eigenvalue weighted by Gasteiger charge is -2.11. The van der Waals surface area contributed by atoms with Gasteiger partial charge in [-0.2, -0.15) is 0 Å². The molecule has 1 aromatic rings. The number of carbonyl (C=O) groups is 1. The van der Waals surface area contributed by atoms with Crippen molar-refractivity contribution in [2.24, 2.45) is 0 Å². The van der Waals surface area contributed by atoms with E-state index in [2.05, 4.69) is 0 Å². The van der Waals surface area contributed by atoms with Gasteiger partial charge in [-0.25, -0.2) is 4.79 Å². The van der Waals surface area contributed by atoms with Crippen LogP contribution in [0.15, 0.2) is 24.3 Å².